The van der Waals surface area contributed by atoms with Gasteiger partial charge in [-0.25, -0.2) is 8.42 Å². The Bertz CT molecular complexity index is 642. The Balaban J connectivity index is 2.96. The van der Waals surface area contributed by atoms with Crippen LogP contribution in [0.15, 0.2) is 18.2 Å². The van der Waals surface area contributed by atoms with Gasteiger partial charge < -0.3 is 5.11 Å². The second-order valence-corrected chi connectivity index (χ2v) is 6.68. The average molecular weight is 305 g/mol. The van der Waals surface area contributed by atoms with Crippen molar-refractivity contribution in [2.45, 2.75) is 24.3 Å². The third-order valence-corrected chi connectivity index (χ3v) is 4.78. The third-order valence-electron chi connectivity index (χ3n) is 2.65. The molecule has 7 nitrogen and oxygen atoms in total. The summed E-state index contributed by atoms with van der Waals surface area (Å²) in [5.74, 6) is -2.96. The number of rotatable bonds is 6. The van der Waals surface area contributed by atoms with E-state index in [4.69, 9.17) is 5.11 Å². The van der Waals surface area contributed by atoms with Crippen molar-refractivity contribution in [2.75, 3.05) is 0 Å². The van der Waals surface area contributed by atoms with E-state index in [1.165, 1.54) is 6.92 Å². The van der Waals surface area contributed by atoms with Crippen LogP contribution in [0.4, 0.5) is 10.1 Å². The molecule has 0 aliphatic rings. The van der Waals surface area contributed by atoms with Gasteiger partial charge in [0.15, 0.2) is 9.84 Å². The summed E-state index contributed by atoms with van der Waals surface area (Å²) in [6.45, 7) is 1.24. The van der Waals surface area contributed by atoms with E-state index in [2.05, 4.69) is 0 Å². The first kappa shape index (κ1) is 16.0. The lowest BCUT2D eigenvalue weighted by Crippen LogP contribution is -2.22. The molecule has 1 rings (SSSR count). The van der Waals surface area contributed by atoms with Gasteiger partial charge in [-0.2, -0.15) is 4.39 Å². The second-order valence-electron chi connectivity index (χ2n) is 4.26. The number of aliphatic carboxylic acids is 1. The van der Waals surface area contributed by atoms with Gasteiger partial charge in [0.05, 0.1) is 22.3 Å². The number of hydrogen-bond acceptors (Lipinski definition) is 5. The summed E-state index contributed by atoms with van der Waals surface area (Å²) in [5.41, 5.74) is -0.713. The largest absolute Gasteiger partial charge is 0.481 e. The van der Waals surface area contributed by atoms with Crippen molar-refractivity contribution in [1.82, 2.24) is 0 Å². The number of carbonyl (C=O) groups is 1. The lowest BCUT2D eigenvalue weighted by atomic mass is 10.2. The van der Waals surface area contributed by atoms with Crippen LogP contribution in [0.3, 0.4) is 0 Å². The molecule has 0 radical (unpaired) electrons. The molecule has 0 aromatic heterocycles. The number of nitro benzene ring substituents is 1. The maximum absolute atomic E-state index is 13.4. The Labute approximate surface area is 114 Å². The Morgan fingerprint density at radius 3 is 2.55 bits per heavy atom. The zero-order valence-corrected chi connectivity index (χ0v) is 11.3. The number of nitrogens with zero attached hydrogens (tertiary/aromatic N) is 1. The summed E-state index contributed by atoms with van der Waals surface area (Å²) in [6, 6.07) is 2.78. The molecule has 0 bridgehead atoms. The van der Waals surface area contributed by atoms with Gasteiger partial charge in [0.1, 0.15) is 0 Å². The second kappa shape index (κ2) is 5.95. The summed E-state index contributed by atoms with van der Waals surface area (Å²) in [7, 11) is -3.78. The van der Waals surface area contributed by atoms with Gasteiger partial charge >= 0.3 is 11.7 Å². The van der Waals surface area contributed by atoms with Gasteiger partial charge in [-0.3, -0.25) is 14.9 Å². The number of carboxylic acids is 1. The van der Waals surface area contributed by atoms with Crippen molar-refractivity contribution < 1.29 is 27.6 Å². The first-order valence-corrected chi connectivity index (χ1v) is 7.21. The molecule has 0 saturated heterocycles. The Kier molecular flexibility index (Phi) is 4.77. The van der Waals surface area contributed by atoms with Crippen LogP contribution in [0.1, 0.15) is 18.9 Å². The number of halogens is 1. The molecule has 0 spiro atoms. The molecule has 1 atom stereocenters. The van der Waals surface area contributed by atoms with Crippen molar-refractivity contribution in [2.24, 2.45) is 0 Å². The lowest BCUT2D eigenvalue weighted by molar-refractivity contribution is -0.387. The lowest BCUT2D eigenvalue weighted by Gasteiger charge is -2.10. The summed E-state index contributed by atoms with van der Waals surface area (Å²) in [4.78, 5) is 20.0. The molecule has 1 aromatic rings. The van der Waals surface area contributed by atoms with Gasteiger partial charge in [0.25, 0.3) is 0 Å². The Hall–Kier alpha value is -2.03. The number of sulfone groups is 1. The third kappa shape index (κ3) is 3.98. The number of hydrogen-bond donors (Lipinski definition) is 1. The van der Waals surface area contributed by atoms with Crippen molar-refractivity contribution in [3.8, 4) is 0 Å². The number of carboxylic acid groups (broad SMARTS) is 1. The molecule has 0 heterocycles. The number of benzene rings is 1. The first-order chi connectivity index (χ1) is 9.13. The summed E-state index contributed by atoms with van der Waals surface area (Å²) < 4.78 is 37.0. The Morgan fingerprint density at radius 1 is 1.50 bits per heavy atom. The molecular weight excluding hydrogens is 293 g/mol. The maximum Gasteiger partial charge on any atom is 0.304 e. The van der Waals surface area contributed by atoms with Crippen LogP contribution in [-0.2, 0) is 20.4 Å². The maximum atomic E-state index is 13.4. The number of nitro groups is 1. The normalized spacial score (nSPS) is 12.9. The monoisotopic (exact) mass is 305 g/mol. The highest BCUT2D eigenvalue weighted by Crippen LogP contribution is 2.21. The summed E-state index contributed by atoms with van der Waals surface area (Å²) in [5, 5.41) is 17.9. The molecule has 110 valence electrons. The zero-order chi connectivity index (χ0) is 15.5. The highest BCUT2D eigenvalue weighted by Gasteiger charge is 2.25. The molecular formula is C11H12FNO6S. The van der Waals surface area contributed by atoms with E-state index in [1.807, 2.05) is 0 Å². The standard InChI is InChI=1S/C11H12FNO6S/c1-7(4-11(14)15)20(18,19)6-8-2-3-10(13(16)17)9(12)5-8/h2-3,5,7H,4,6H2,1H3,(H,14,15). The fraction of sp³-hybridized carbons (Fsp3) is 0.364. The van der Waals surface area contributed by atoms with Gasteiger partial charge in [-0.1, -0.05) is 6.07 Å². The van der Waals surface area contributed by atoms with E-state index in [9.17, 15) is 27.7 Å². The topological polar surface area (TPSA) is 115 Å². The van der Waals surface area contributed by atoms with Crippen LogP contribution < -0.4 is 0 Å². The molecule has 0 saturated carbocycles. The predicted octanol–water partition coefficient (Wildman–Crippen LogP) is 1.51. The molecule has 1 unspecified atom stereocenters. The summed E-state index contributed by atoms with van der Waals surface area (Å²) >= 11 is 0. The van der Waals surface area contributed by atoms with E-state index in [1.54, 1.807) is 0 Å². The van der Waals surface area contributed by atoms with E-state index >= 15 is 0 Å². The minimum absolute atomic E-state index is 0.0327. The van der Waals surface area contributed by atoms with Crippen molar-refractivity contribution in [3.63, 3.8) is 0 Å². The van der Waals surface area contributed by atoms with Gasteiger partial charge in [-0.05, 0) is 18.6 Å². The molecule has 0 aliphatic heterocycles. The van der Waals surface area contributed by atoms with Crippen LogP contribution in [-0.4, -0.2) is 29.7 Å². The smallest absolute Gasteiger partial charge is 0.304 e. The van der Waals surface area contributed by atoms with Crippen molar-refractivity contribution >= 4 is 21.5 Å². The van der Waals surface area contributed by atoms with Crippen LogP contribution in [0.5, 0.6) is 0 Å². The fourth-order valence-electron chi connectivity index (χ4n) is 1.54. The molecule has 0 fully saturated rings. The average Bonchev–Trinajstić information content (AvgIpc) is 2.26. The summed E-state index contributed by atoms with van der Waals surface area (Å²) in [6.07, 6.45) is -0.558. The van der Waals surface area contributed by atoms with Crippen molar-refractivity contribution in [1.29, 1.82) is 0 Å². The SMILES string of the molecule is CC(CC(=O)O)S(=O)(=O)Cc1ccc([N+](=O)[O-])c(F)c1. The molecule has 20 heavy (non-hydrogen) atoms. The minimum atomic E-state index is -3.78. The fourth-order valence-corrected chi connectivity index (χ4v) is 2.86. The zero-order valence-electron chi connectivity index (χ0n) is 10.4. The molecule has 0 aliphatic carbocycles. The first-order valence-electron chi connectivity index (χ1n) is 5.49. The van der Waals surface area contributed by atoms with E-state index in [0.29, 0.717) is 0 Å². The molecule has 0 amide bonds. The molecule has 1 aromatic carbocycles. The van der Waals surface area contributed by atoms with E-state index in [-0.39, 0.29) is 5.56 Å². The van der Waals surface area contributed by atoms with E-state index < -0.39 is 49.7 Å². The van der Waals surface area contributed by atoms with Crippen LogP contribution in [0.2, 0.25) is 0 Å². The molecule has 9 heteroatoms. The van der Waals surface area contributed by atoms with Crippen LogP contribution >= 0.6 is 0 Å². The van der Waals surface area contributed by atoms with Crippen molar-refractivity contribution in [3.05, 3.63) is 39.7 Å². The molecule has 1 N–H and O–H groups in total. The van der Waals surface area contributed by atoms with Crippen LogP contribution in [0.25, 0.3) is 0 Å². The highest BCUT2D eigenvalue weighted by molar-refractivity contribution is 7.91. The highest BCUT2D eigenvalue weighted by atomic mass is 32.2. The van der Waals surface area contributed by atoms with Crippen LogP contribution in [0, 0.1) is 15.9 Å². The van der Waals surface area contributed by atoms with Gasteiger partial charge in [0.2, 0.25) is 5.82 Å². The predicted molar refractivity (Wildman–Crippen MR) is 67.4 cm³/mol. The van der Waals surface area contributed by atoms with Gasteiger partial charge in [-0.15, -0.1) is 0 Å². The Morgan fingerprint density at radius 2 is 2.10 bits per heavy atom. The quantitative estimate of drug-likeness (QED) is 0.629. The minimum Gasteiger partial charge on any atom is -0.481 e. The van der Waals surface area contributed by atoms with E-state index in [0.717, 1.165) is 18.2 Å². The van der Waals surface area contributed by atoms with Gasteiger partial charge in [0, 0.05) is 6.07 Å².